The van der Waals surface area contributed by atoms with Crippen LogP contribution in [0.1, 0.15) is 10.9 Å². The first kappa shape index (κ1) is 12.1. The van der Waals surface area contributed by atoms with Crippen LogP contribution in [0.5, 0.6) is 5.75 Å². The van der Waals surface area contributed by atoms with E-state index in [1.54, 1.807) is 18.2 Å². The number of nitrogens with one attached hydrogen (secondary N) is 1. The van der Waals surface area contributed by atoms with Gasteiger partial charge in [0.05, 0.1) is 12.1 Å². The number of methoxy groups -OCH3 is 1. The summed E-state index contributed by atoms with van der Waals surface area (Å²) in [6.07, 6.45) is 0. The lowest BCUT2D eigenvalue weighted by Crippen LogP contribution is -2.22. The third-order valence-corrected chi connectivity index (χ3v) is 2.69. The monoisotopic (exact) mass is 247 g/mol. The number of hydrogen-bond acceptors (Lipinski definition) is 2. The highest BCUT2D eigenvalue weighted by Crippen LogP contribution is 2.29. The van der Waals surface area contributed by atoms with Gasteiger partial charge >= 0.3 is 0 Å². The molecule has 1 unspecified atom stereocenters. The lowest BCUT2D eigenvalue weighted by atomic mass is 10.1. The van der Waals surface area contributed by atoms with E-state index in [9.17, 15) is 4.79 Å². The third kappa shape index (κ3) is 2.76. The van der Waals surface area contributed by atoms with Gasteiger partial charge in [0.1, 0.15) is 11.1 Å². The molecule has 1 N–H and O–H groups in total. The van der Waals surface area contributed by atoms with Crippen LogP contribution in [0.4, 0.5) is 0 Å². The van der Waals surface area contributed by atoms with Crippen molar-refractivity contribution in [1.82, 2.24) is 5.32 Å². The van der Waals surface area contributed by atoms with Crippen molar-refractivity contribution >= 4 is 29.1 Å². The van der Waals surface area contributed by atoms with E-state index in [0.29, 0.717) is 16.3 Å². The molecule has 0 saturated heterocycles. The fraction of sp³-hybridized carbons (Fsp3) is 0.300. The summed E-state index contributed by atoms with van der Waals surface area (Å²) in [7, 11) is 3.06. The minimum atomic E-state index is -0.738. The minimum absolute atomic E-state index is 0.266. The normalized spacial score (nSPS) is 12.0. The maximum absolute atomic E-state index is 11.3. The number of hydrogen-bond donors (Lipinski definition) is 1. The second-order valence-electron chi connectivity index (χ2n) is 2.87. The van der Waals surface area contributed by atoms with E-state index in [1.165, 1.54) is 14.2 Å². The molecule has 0 spiro atoms. The van der Waals surface area contributed by atoms with Crippen LogP contribution in [-0.4, -0.2) is 20.1 Å². The molecule has 0 aliphatic rings. The molecule has 1 atom stereocenters. The fourth-order valence-corrected chi connectivity index (χ4v) is 1.63. The summed E-state index contributed by atoms with van der Waals surface area (Å²) in [6.45, 7) is 0. The van der Waals surface area contributed by atoms with Crippen LogP contribution in [-0.2, 0) is 4.79 Å². The van der Waals surface area contributed by atoms with E-state index >= 15 is 0 Å². The number of benzene rings is 1. The molecule has 0 heterocycles. The van der Waals surface area contributed by atoms with Gasteiger partial charge in [0.15, 0.2) is 0 Å². The highest BCUT2D eigenvalue weighted by atomic mass is 35.5. The van der Waals surface area contributed by atoms with Crippen LogP contribution in [0.15, 0.2) is 18.2 Å². The maximum atomic E-state index is 11.3. The van der Waals surface area contributed by atoms with Gasteiger partial charge in [-0.1, -0.05) is 17.7 Å². The van der Waals surface area contributed by atoms with Crippen molar-refractivity contribution in [2.24, 2.45) is 0 Å². The first-order valence-electron chi connectivity index (χ1n) is 4.29. The molecule has 1 aromatic rings. The number of alkyl halides is 1. The van der Waals surface area contributed by atoms with Gasteiger partial charge in [-0.25, -0.2) is 0 Å². The van der Waals surface area contributed by atoms with E-state index in [-0.39, 0.29) is 5.91 Å². The summed E-state index contributed by atoms with van der Waals surface area (Å²) in [5, 5.41) is 2.16. The smallest absolute Gasteiger partial charge is 0.242 e. The van der Waals surface area contributed by atoms with Crippen LogP contribution in [0.2, 0.25) is 5.02 Å². The van der Waals surface area contributed by atoms with Crippen LogP contribution in [0, 0.1) is 0 Å². The minimum Gasteiger partial charge on any atom is -0.495 e. The van der Waals surface area contributed by atoms with Crippen LogP contribution >= 0.6 is 23.2 Å². The average molecular weight is 248 g/mol. The van der Waals surface area contributed by atoms with E-state index in [1.807, 2.05) is 0 Å². The summed E-state index contributed by atoms with van der Waals surface area (Å²) >= 11 is 11.8. The molecule has 1 rings (SSSR count). The molecule has 0 aliphatic heterocycles. The zero-order chi connectivity index (χ0) is 11.4. The maximum Gasteiger partial charge on any atom is 0.242 e. The van der Waals surface area contributed by atoms with Crippen LogP contribution in [0.3, 0.4) is 0 Å². The molecule has 0 bridgehead atoms. The molecule has 0 radical (unpaired) electrons. The Morgan fingerprint density at radius 3 is 2.67 bits per heavy atom. The standard InChI is InChI=1S/C10H11Cl2NO2/c1-13-10(14)9(12)6-3-4-8(15-2)7(11)5-6/h3-5,9H,1-2H3,(H,13,14). The van der Waals surface area contributed by atoms with Gasteiger partial charge < -0.3 is 10.1 Å². The summed E-state index contributed by atoms with van der Waals surface area (Å²) in [5.74, 6) is 0.291. The SMILES string of the molecule is CNC(=O)C(Cl)c1ccc(OC)c(Cl)c1. The largest absolute Gasteiger partial charge is 0.495 e. The number of likely N-dealkylation sites (N-methyl/N-ethyl adjacent to an activating group) is 1. The van der Waals surface area contributed by atoms with Crippen molar-refractivity contribution in [3.05, 3.63) is 28.8 Å². The number of amides is 1. The molecule has 15 heavy (non-hydrogen) atoms. The predicted molar refractivity (Wildman–Crippen MR) is 60.7 cm³/mol. The topological polar surface area (TPSA) is 38.3 Å². The number of halogens is 2. The summed E-state index contributed by atoms with van der Waals surface area (Å²) in [4.78, 5) is 11.3. The van der Waals surface area contributed by atoms with Crippen molar-refractivity contribution in [3.63, 3.8) is 0 Å². The number of carbonyl (C=O) groups excluding carboxylic acids is 1. The van der Waals surface area contributed by atoms with Crippen molar-refractivity contribution in [3.8, 4) is 5.75 Å². The Hall–Kier alpha value is -0.930. The second-order valence-corrected chi connectivity index (χ2v) is 3.71. The Morgan fingerprint density at radius 2 is 2.20 bits per heavy atom. The molecular weight excluding hydrogens is 237 g/mol. The van der Waals surface area contributed by atoms with Gasteiger partial charge in [0.25, 0.3) is 0 Å². The number of carbonyl (C=O) groups is 1. The molecule has 0 fully saturated rings. The Kier molecular flexibility index (Phi) is 4.24. The van der Waals surface area contributed by atoms with E-state index in [2.05, 4.69) is 5.32 Å². The molecule has 82 valence electrons. The van der Waals surface area contributed by atoms with Crippen LogP contribution < -0.4 is 10.1 Å². The zero-order valence-electron chi connectivity index (χ0n) is 8.38. The summed E-state index contributed by atoms with van der Waals surface area (Å²) in [6, 6.07) is 5.00. The van der Waals surface area contributed by atoms with E-state index in [4.69, 9.17) is 27.9 Å². The molecule has 1 amide bonds. The highest BCUT2D eigenvalue weighted by Gasteiger charge is 2.17. The predicted octanol–water partition coefficient (Wildman–Crippen LogP) is 2.37. The Labute approximate surface area is 98.3 Å². The average Bonchev–Trinajstić information content (AvgIpc) is 2.26. The lowest BCUT2D eigenvalue weighted by molar-refractivity contribution is -0.120. The lowest BCUT2D eigenvalue weighted by Gasteiger charge is -2.10. The van der Waals surface area contributed by atoms with Gasteiger partial charge in [0.2, 0.25) is 5.91 Å². The molecule has 0 aliphatic carbocycles. The van der Waals surface area contributed by atoms with Gasteiger partial charge in [-0.05, 0) is 17.7 Å². The Balaban J connectivity index is 2.97. The Morgan fingerprint density at radius 1 is 1.53 bits per heavy atom. The van der Waals surface area contributed by atoms with Crippen molar-refractivity contribution in [2.75, 3.05) is 14.2 Å². The quantitative estimate of drug-likeness (QED) is 0.834. The van der Waals surface area contributed by atoms with E-state index < -0.39 is 5.38 Å². The van der Waals surface area contributed by atoms with E-state index in [0.717, 1.165) is 0 Å². The number of rotatable bonds is 3. The molecule has 1 aromatic carbocycles. The van der Waals surface area contributed by atoms with Gasteiger partial charge in [-0.2, -0.15) is 0 Å². The summed E-state index contributed by atoms with van der Waals surface area (Å²) in [5.41, 5.74) is 0.641. The van der Waals surface area contributed by atoms with Crippen molar-refractivity contribution in [1.29, 1.82) is 0 Å². The molecule has 0 aromatic heterocycles. The summed E-state index contributed by atoms with van der Waals surface area (Å²) < 4.78 is 4.99. The first-order valence-corrected chi connectivity index (χ1v) is 5.10. The Bertz CT molecular complexity index is 368. The van der Waals surface area contributed by atoms with Gasteiger partial charge in [0, 0.05) is 7.05 Å². The van der Waals surface area contributed by atoms with Gasteiger partial charge in [-0.3, -0.25) is 4.79 Å². The van der Waals surface area contributed by atoms with Gasteiger partial charge in [-0.15, -0.1) is 11.6 Å². The molecule has 3 nitrogen and oxygen atoms in total. The molecule has 0 saturated carbocycles. The second kappa shape index (κ2) is 5.24. The van der Waals surface area contributed by atoms with Crippen LogP contribution in [0.25, 0.3) is 0 Å². The molecular formula is C10H11Cl2NO2. The third-order valence-electron chi connectivity index (χ3n) is 1.95. The van der Waals surface area contributed by atoms with Crippen molar-refractivity contribution < 1.29 is 9.53 Å². The fourth-order valence-electron chi connectivity index (χ4n) is 1.12. The zero-order valence-corrected chi connectivity index (χ0v) is 9.89. The first-order chi connectivity index (χ1) is 7.10. The molecule has 5 heteroatoms. The highest BCUT2D eigenvalue weighted by molar-refractivity contribution is 6.33. The number of ether oxygens (including phenoxy) is 1. The van der Waals surface area contributed by atoms with Crippen molar-refractivity contribution in [2.45, 2.75) is 5.38 Å².